The molecule has 33 heavy (non-hydrogen) atoms. The van der Waals surface area contributed by atoms with Crippen molar-refractivity contribution in [3.8, 4) is 11.8 Å². The molecule has 172 valence electrons. The van der Waals surface area contributed by atoms with Crippen molar-refractivity contribution in [2.75, 3.05) is 24.9 Å². The fourth-order valence-electron chi connectivity index (χ4n) is 2.78. The number of methoxy groups -OCH3 is 2. The predicted octanol–water partition coefficient (Wildman–Crippen LogP) is 3.56. The fourth-order valence-corrected chi connectivity index (χ4v) is 3.24. The van der Waals surface area contributed by atoms with E-state index in [0.717, 1.165) is 0 Å². The number of aromatic nitrogens is 3. The molecule has 12 heteroatoms. The number of nitrogens with zero attached hydrogens (tertiary/aromatic N) is 3. The van der Waals surface area contributed by atoms with Crippen LogP contribution in [0.5, 0.6) is 11.8 Å². The zero-order chi connectivity index (χ0) is 24.0. The second-order valence-corrected chi connectivity index (χ2v) is 7.46. The Bertz CT molecular complexity index is 1120. The second-order valence-electron chi connectivity index (χ2n) is 6.64. The van der Waals surface area contributed by atoms with Crippen LogP contribution in [0, 0.1) is 0 Å². The molecule has 0 saturated heterocycles. The molecule has 2 heterocycles. The Morgan fingerprint density at radius 1 is 1.03 bits per heavy atom. The molecule has 10 nitrogen and oxygen atoms in total. The van der Waals surface area contributed by atoms with Crippen molar-refractivity contribution >= 4 is 46.7 Å². The number of hydrogen-bond donors (Lipinski definition) is 3. The lowest BCUT2D eigenvalue weighted by molar-refractivity contribution is -0.137. The van der Waals surface area contributed by atoms with Gasteiger partial charge in [0.1, 0.15) is 6.04 Å². The van der Waals surface area contributed by atoms with E-state index in [1.807, 2.05) is 0 Å². The molecule has 3 aromatic rings. The van der Waals surface area contributed by atoms with Gasteiger partial charge in [-0.05, 0) is 17.7 Å². The molecular weight excluding hydrogens is 473 g/mol. The smallest absolute Gasteiger partial charge is 0.326 e. The molecule has 0 bridgehead atoms. The number of halogens is 2. The van der Waals surface area contributed by atoms with Crippen LogP contribution >= 0.6 is 23.2 Å². The molecule has 3 rings (SSSR count). The van der Waals surface area contributed by atoms with Gasteiger partial charge in [0.05, 0.1) is 36.0 Å². The predicted molar refractivity (Wildman–Crippen MR) is 123 cm³/mol. The lowest BCUT2D eigenvalue weighted by Crippen LogP contribution is -2.32. The number of anilines is 2. The Kier molecular flexibility index (Phi) is 7.86. The van der Waals surface area contributed by atoms with E-state index in [-0.39, 0.29) is 39.9 Å². The van der Waals surface area contributed by atoms with Gasteiger partial charge in [-0.1, -0.05) is 35.3 Å². The zero-order valence-electron chi connectivity index (χ0n) is 17.5. The quantitative estimate of drug-likeness (QED) is 0.410. The van der Waals surface area contributed by atoms with Crippen LogP contribution in [0.2, 0.25) is 10.0 Å². The first-order valence-corrected chi connectivity index (χ1v) is 10.2. The number of carbonyl (C=O) groups is 2. The number of carbonyl (C=O) groups excluding carboxylic acids is 1. The fraction of sp³-hybridized carbons (Fsp3) is 0.190. The maximum Gasteiger partial charge on any atom is 0.326 e. The second kappa shape index (κ2) is 10.8. The minimum absolute atomic E-state index is 0.0423. The first kappa shape index (κ1) is 24.0. The van der Waals surface area contributed by atoms with Gasteiger partial charge in [-0.15, -0.1) is 0 Å². The Hall–Kier alpha value is -3.63. The maximum absolute atomic E-state index is 12.5. The molecule has 0 aliphatic rings. The highest BCUT2D eigenvalue weighted by Crippen LogP contribution is 2.29. The van der Waals surface area contributed by atoms with Crippen molar-refractivity contribution in [2.45, 2.75) is 12.5 Å². The van der Waals surface area contributed by atoms with Crippen molar-refractivity contribution in [3.63, 3.8) is 0 Å². The average Bonchev–Trinajstić information content (AvgIpc) is 2.81. The highest BCUT2D eigenvalue weighted by Gasteiger charge is 2.20. The van der Waals surface area contributed by atoms with Crippen LogP contribution in [0.15, 0.2) is 42.7 Å². The lowest BCUT2D eigenvalue weighted by Gasteiger charge is -2.16. The molecule has 0 aliphatic carbocycles. The summed E-state index contributed by atoms with van der Waals surface area (Å²) in [6.45, 7) is 0. The van der Waals surface area contributed by atoms with Crippen molar-refractivity contribution in [1.82, 2.24) is 15.0 Å². The van der Waals surface area contributed by atoms with Crippen LogP contribution < -0.4 is 20.1 Å². The summed E-state index contributed by atoms with van der Waals surface area (Å²) >= 11 is 12.1. The Balaban J connectivity index is 1.71. The summed E-state index contributed by atoms with van der Waals surface area (Å²) in [4.78, 5) is 36.3. The van der Waals surface area contributed by atoms with Gasteiger partial charge in [-0.2, -0.15) is 9.97 Å². The number of carboxylic acids is 1. The normalized spacial score (nSPS) is 11.4. The van der Waals surface area contributed by atoms with Crippen LogP contribution in [0.4, 0.5) is 11.6 Å². The third-order valence-corrected chi connectivity index (χ3v) is 5.02. The highest BCUT2D eigenvalue weighted by atomic mass is 35.5. The molecule has 3 N–H and O–H groups in total. The number of benzene rings is 1. The molecule has 1 unspecified atom stereocenters. The number of hydrogen-bond acceptors (Lipinski definition) is 8. The molecule has 1 aromatic carbocycles. The molecule has 0 spiro atoms. The zero-order valence-corrected chi connectivity index (χ0v) is 19.0. The summed E-state index contributed by atoms with van der Waals surface area (Å²) in [7, 11) is 2.85. The summed E-state index contributed by atoms with van der Waals surface area (Å²) in [6.07, 6.45) is 2.84. The van der Waals surface area contributed by atoms with Gasteiger partial charge in [0.2, 0.25) is 17.7 Å². The number of rotatable bonds is 9. The molecule has 2 aromatic heterocycles. The third-order valence-electron chi connectivity index (χ3n) is 4.45. The summed E-state index contributed by atoms with van der Waals surface area (Å²) in [5, 5.41) is 15.4. The van der Waals surface area contributed by atoms with Gasteiger partial charge in [0.25, 0.3) is 5.91 Å². The van der Waals surface area contributed by atoms with Crippen molar-refractivity contribution in [3.05, 3.63) is 63.9 Å². The summed E-state index contributed by atoms with van der Waals surface area (Å²) in [5.74, 6) is -1.05. The van der Waals surface area contributed by atoms with Crippen molar-refractivity contribution in [2.24, 2.45) is 0 Å². The first-order chi connectivity index (χ1) is 15.8. The van der Waals surface area contributed by atoms with E-state index in [1.165, 1.54) is 32.7 Å². The Morgan fingerprint density at radius 3 is 2.12 bits per heavy atom. The molecule has 1 amide bonds. The summed E-state index contributed by atoms with van der Waals surface area (Å²) < 4.78 is 10.1. The van der Waals surface area contributed by atoms with Gasteiger partial charge in [0, 0.05) is 24.4 Å². The lowest BCUT2D eigenvalue weighted by atomic mass is 10.0. The number of aliphatic carboxylic acids is 1. The van der Waals surface area contributed by atoms with E-state index in [2.05, 4.69) is 25.6 Å². The number of nitrogens with one attached hydrogen (secondary N) is 2. The molecule has 0 saturated carbocycles. The molecular formula is C21H19Cl2N5O5. The Morgan fingerprint density at radius 2 is 1.61 bits per heavy atom. The topological polar surface area (TPSA) is 136 Å². The van der Waals surface area contributed by atoms with Crippen molar-refractivity contribution in [1.29, 1.82) is 0 Å². The van der Waals surface area contributed by atoms with Gasteiger partial charge >= 0.3 is 5.97 Å². The number of pyridine rings is 1. The van der Waals surface area contributed by atoms with E-state index in [4.69, 9.17) is 32.7 Å². The van der Waals surface area contributed by atoms with E-state index in [9.17, 15) is 14.7 Å². The molecule has 1 atom stereocenters. The van der Waals surface area contributed by atoms with E-state index in [0.29, 0.717) is 11.1 Å². The largest absolute Gasteiger partial charge is 0.481 e. The standard InChI is InChI=1S/C21H19Cl2N5O5/c1-32-16-8-17(33-2)27-21(26-16)25-15(20(30)31)7-11-3-5-12(6-4-11)19(29)28-18-13(22)9-24-10-14(18)23/h3-6,8-10,15H,7H2,1-2H3,(H,30,31)(H,24,28,29)(H,25,26,27). The molecule has 0 aliphatic heterocycles. The van der Waals surface area contributed by atoms with E-state index < -0.39 is 17.9 Å². The van der Waals surface area contributed by atoms with Gasteiger partial charge in [-0.25, -0.2) is 4.79 Å². The number of carboxylic acid groups (broad SMARTS) is 1. The first-order valence-electron chi connectivity index (χ1n) is 9.46. The summed E-state index contributed by atoms with van der Waals surface area (Å²) in [6, 6.07) is 6.85. The van der Waals surface area contributed by atoms with Crippen LogP contribution in [-0.4, -0.2) is 52.2 Å². The maximum atomic E-state index is 12.5. The van der Waals surface area contributed by atoms with E-state index in [1.54, 1.807) is 24.3 Å². The molecule has 0 fully saturated rings. The highest BCUT2D eigenvalue weighted by molar-refractivity contribution is 6.39. The van der Waals surface area contributed by atoms with E-state index >= 15 is 0 Å². The molecule has 0 radical (unpaired) electrons. The monoisotopic (exact) mass is 491 g/mol. The number of amides is 1. The van der Waals surface area contributed by atoms with Gasteiger partial charge < -0.3 is 25.2 Å². The summed E-state index contributed by atoms with van der Waals surface area (Å²) in [5.41, 5.74) is 1.26. The third kappa shape index (κ3) is 6.21. The Labute approximate surface area is 198 Å². The minimum Gasteiger partial charge on any atom is -0.481 e. The van der Waals surface area contributed by atoms with Crippen molar-refractivity contribution < 1.29 is 24.2 Å². The van der Waals surface area contributed by atoms with Crippen LogP contribution in [0.1, 0.15) is 15.9 Å². The van der Waals surface area contributed by atoms with Crippen LogP contribution in [0.25, 0.3) is 0 Å². The average molecular weight is 492 g/mol. The van der Waals surface area contributed by atoms with Gasteiger partial charge in [0.15, 0.2) is 0 Å². The van der Waals surface area contributed by atoms with Gasteiger partial charge in [-0.3, -0.25) is 9.78 Å². The SMILES string of the molecule is COc1cc(OC)nc(NC(Cc2ccc(C(=O)Nc3c(Cl)cncc3Cl)cc2)C(=O)O)n1. The minimum atomic E-state index is -1.11. The number of ether oxygens (including phenoxy) is 2. The van der Waals surface area contributed by atoms with Crippen LogP contribution in [-0.2, 0) is 11.2 Å². The van der Waals surface area contributed by atoms with Crippen LogP contribution in [0.3, 0.4) is 0 Å².